The van der Waals surface area contributed by atoms with Crippen LogP contribution in [0.1, 0.15) is 92.2 Å². The Bertz CT molecular complexity index is 3200. The number of carboxylic acid groups (broad SMARTS) is 1. The summed E-state index contributed by atoms with van der Waals surface area (Å²) in [5.74, 6) is -1.06. The highest BCUT2D eigenvalue weighted by Gasteiger charge is 2.17. The van der Waals surface area contributed by atoms with Crippen LogP contribution < -0.4 is 43.4 Å². The molecule has 0 spiro atoms. The van der Waals surface area contributed by atoms with Gasteiger partial charge in [-0.1, -0.05) is 48.5 Å². The number of alkyl carbamates (subject to hydrolysis) is 2. The molecule has 23 nitrogen and oxygen atoms in total. The Morgan fingerprint density at radius 3 is 1.38 bits per heavy atom. The molecule has 0 aliphatic heterocycles. The van der Waals surface area contributed by atoms with Gasteiger partial charge in [0.25, 0.3) is 11.1 Å². The van der Waals surface area contributed by atoms with Crippen LogP contribution >= 0.6 is 0 Å². The molecular weight excluding hydrogens is 1040 g/mol. The number of hydrogen-bond donors (Lipinski definition) is 7. The number of carboxylic acids is 1. The standard InChI is InChI=1S/C29H35N5O6.C20H20N4O3.C9H17NO4/c1-5-39-28(38)32-22-11-6-9-20(17-22)19-34-26(36)15-14-24(33-34)21-10-7-12-23(18-21)31-25(35)13-8-16-30-27(37)40-29(2,3)4;1-2-27-20(26)22-17-8-3-5-14(11-17)13-24-19(25)10-9-18(23-24)15-6-4-7-16(21)12-15;1-9(2,3)14-8(13)10-6-4-5-7(11)12/h6-7,9-12,14-15,17-18H,5,8,13,16,19H2,1-4H3,(H,30,37)(H,31,35)(H,32,38);3-12H,2,13,21H2,1H3,(H,22,26);4-6H2,1-3H3,(H,10,13)(H,11,12). The molecule has 0 fully saturated rings. The Morgan fingerprint density at radius 1 is 0.531 bits per heavy atom. The zero-order valence-electron chi connectivity index (χ0n) is 46.8. The third kappa shape index (κ3) is 25.2. The minimum atomic E-state index is -0.865. The van der Waals surface area contributed by atoms with E-state index in [1.165, 1.54) is 21.5 Å². The molecule has 2 heterocycles. The minimum Gasteiger partial charge on any atom is -0.481 e. The van der Waals surface area contributed by atoms with E-state index in [-0.39, 0.29) is 49.6 Å². The monoisotopic (exact) mass is 1120 g/mol. The van der Waals surface area contributed by atoms with Gasteiger partial charge < -0.3 is 45.7 Å². The first-order chi connectivity index (χ1) is 38.4. The van der Waals surface area contributed by atoms with Crippen molar-refractivity contribution in [3.63, 3.8) is 0 Å². The molecule has 432 valence electrons. The van der Waals surface area contributed by atoms with Gasteiger partial charge in [-0.15, -0.1) is 0 Å². The number of nitrogens with two attached hydrogens (primary N) is 1. The fraction of sp³-hybridized carbons (Fsp3) is 0.345. The number of amides is 5. The summed E-state index contributed by atoms with van der Waals surface area (Å²) < 4.78 is 22.6. The summed E-state index contributed by atoms with van der Waals surface area (Å²) in [6, 6.07) is 35.0. The highest BCUT2D eigenvalue weighted by molar-refractivity contribution is 5.91. The number of ether oxygens (including phenoxy) is 4. The molecule has 23 heteroatoms. The number of aliphatic carboxylic acids is 1. The number of aromatic nitrogens is 4. The van der Waals surface area contributed by atoms with Gasteiger partial charge in [-0.2, -0.15) is 10.2 Å². The van der Waals surface area contributed by atoms with E-state index in [1.807, 2.05) is 30.3 Å². The van der Waals surface area contributed by atoms with Crippen LogP contribution in [-0.4, -0.2) is 98.4 Å². The van der Waals surface area contributed by atoms with Gasteiger partial charge in [0, 0.05) is 71.9 Å². The first-order valence-electron chi connectivity index (χ1n) is 26.0. The largest absolute Gasteiger partial charge is 0.481 e. The summed E-state index contributed by atoms with van der Waals surface area (Å²) in [4.78, 5) is 93.3. The number of hydrogen-bond acceptors (Lipinski definition) is 15. The summed E-state index contributed by atoms with van der Waals surface area (Å²) in [6.07, 6.45) is -0.973. The van der Waals surface area contributed by atoms with Crippen LogP contribution in [0.15, 0.2) is 131 Å². The predicted molar refractivity (Wildman–Crippen MR) is 308 cm³/mol. The van der Waals surface area contributed by atoms with E-state index >= 15 is 0 Å². The maximum Gasteiger partial charge on any atom is 0.411 e. The van der Waals surface area contributed by atoms with Crippen LogP contribution in [0, 0.1) is 0 Å². The van der Waals surface area contributed by atoms with Gasteiger partial charge in [-0.05, 0) is 140 Å². The Labute approximate surface area is 469 Å². The quantitative estimate of drug-likeness (QED) is 0.0226. The first-order valence-corrected chi connectivity index (χ1v) is 26.0. The first kappa shape index (κ1) is 64.0. The Hall–Kier alpha value is -9.54. The molecule has 6 rings (SSSR count). The Morgan fingerprint density at radius 2 is 0.951 bits per heavy atom. The third-order valence-corrected chi connectivity index (χ3v) is 10.4. The van der Waals surface area contributed by atoms with Crippen molar-refractivity contribution in [1.82, 2.24) is 30.2 Å². The summed E-state index contributed by atoms with van der Waals surface area (Å²) in [5, 5.41) is 30.5. The molecule has 5 amide bonds. The van der Waals surface area contributed by atoms with Crippen molar-refractivity contribution in [2.24, 2.45) is 0 Å². The van der Waals surface area contributed by atoms with Gasteiger partial charge in [0.15, 0.2) is 0 Å². The van der Waals surface area contributed by atoms with Gasteiger partial charge in [0.2, 0.25) is 5.91 Å². The van der Waals surface area contributed by atoms with Crippen LogP contribution in [0.25, 0.3) is 22.5 Å². The van der Waals surface area contributed by atoms with Gasteiger partial charge in [-0.25, -0.2) is 28.5 Å². The lowest BCUT2D eigenvalue weighted by Crippen LogP contribution is -2.33. The third-order valence-electron chi connectivity index (χ3n) is 10.4. The van der Waals surface area contributed by atoms with Crippen molar-refractivity contribution in [1.29, 1.82) is 0 Å². The smallest absolute Gasteiger partial charge is 0.411 e. The number of nitrogen functional groups attached to an aromatic ring is 1. The highest BCUT2D eigenvalue weighted by Crippen LogP contribution is 2.22. The molecule has 0 saturated heterocycles. The molecule has 6 aromatic rings. The van der Waals surface area contributed by atoms with Crippen LogP contribution in [0.5, 0.6) is 0 Å². The summed E-state index contributed by atoms with van der Waals surface area (Å²) in [6.45, 7) is 15.8. The second kappa shape index (κ2) is 31.8. The highest BCUT2D eigenvalue weighted by atomic mass is 16.6. The van der Waals surface area contributed by atoms with Gasteiger partial charge >= 0.3 is 30.3 Å². The molecule has 8 N–H and O–H groups in total. The van der Waals surface area contributed by atoms with E-state index in [0.717, 1.165) is 22.3 Å². The number of carbonyl (C=O) groups excluding carboxylic acids is 5. The van der Waals surface area contributed by atoms with Crippen molar-refractivity contribution >= 4 is 59.0 Å². The van der Waals surface area contributed by atoms with Gasteiger partial charge in [0.05, 0.1) is 37.7 Å². The van der Waals surface area contributed by atoms with E-state index in [1.54, 1.807) is 134 Å². The van der Waals surface area contributed by atoms with Gasteiger partial charge in [0.1, 0.15) is 11.2 Å². The molecule has 0 bridgehead atoms. The summed E-state index contributed by atoms with van der Waals surface area (Å²) >= 11 is 0. The zero-order chi connectivity index (χ0) is 59.5. The van der Waals surface area contributed by atoms with Crippen LogP contribution in [0.3, 0.4) is 0 Å². The Balaban J connectivity index is 0.000000295. The lowest BCUT2D eigenvalue weighted by atomic mass is 10.1. The second-order valence-corrected chi connectivity index (χ2v) is 19.7. The topological polar surface area (TPSA) is 316 Å². The maximum atomic E-state index is 12.5. The van der Waals surface area contributed by atoms with E-state index in [2.05, 4.69) is 36.8 Å². The minimum absolute atomic E-state index is 0.0514. The number of carbonyl (C=O) groups is 6. The zero-order valence-corrected chi connectivity index (χ0v) is 46.8. The van der Waals surface area contributed by atoms with Crippen molar-refractivity contribution in [3.8, 4) is 22.5 Å². The Kier molecular flexibility index (Phi) is 25.1. The van der Waals surface area contributed by atoms with Crippen LogP contribution in [0.2, 0.25) is 0 Å². The molecule has 4 aromatic carbocycles. The molecule has 0 atom stereocenters. The second-order valence-electron chi connectivity index (χ2n) is 19.7. The number of anilines is 4. The van der Waals surface area contributed by atoms with Crippen molar-refractivity contribution in [2.45, 2.75) is 105 Å². The average molecular weight is 1120 g/mol. The molecule has 0 radical (unpaired) electrons. The van der Waals surface area contributed by atoms with E-state index < -0.39 is 41.5 Å². The molecule has 2 aromatic heterocycles. The van der Waals surface area contributed by atoms with Crippen molar-refractivity contribution in [3.05, 3.63) is 153 Å². The molecular formula is C58H72N10O13. The predicted octanol–water partition coefficient (Wildman–Crippen LogP) is 9.26. The van der Waals surface area contributed by atoms with Gasteiger partial charge in [-0.3, -0.25) is 29.8 Å². The molecule has 81 heavy (non-hydrogen) atoms. The average Bonchev–Trinajstić information content (AvgIpc) is 3.41. The molecule has 0 saturated carbocycles. The van der Waals surface area contributed by atoms with Crippen LogP contribution in [-0.2, 0) is 41.6 Å². The lowest BCUT2D eigenvalue weighted by Gasteiger charge is -2.19. The van der Waals surface area contributed by atoms with Crippen molar-refractivity contribution < 1.29 is 52.8 Å². The van der Waals surface area contributed by atoms with Crippen molar-refractivity contribution in [2.75, 3.05) is 48.0 Å². The lowest BCUT2D eigenvalue weighted by molar-refractivity contribution is -0.137. The summed E-state index contributed by atoms with van der Waals surface area (Å²) in [5.41, 5.74) is 10.9. The fourth-order valence-corrected chi connectivity index (χ4v) is 7.02. The molecule has 0 aliphatic rings. The number of rotatable bonds is 19. The normalized spacial score (nSPS) is 10.7. The maximum absolute atomic E-state index is 12.5. The molecule has 0 aliphatic carbocycles. The van der Waals surface area contributed by atoms with E-state index in [4.69, 9.17) is 29.8 Å². The summed E-state index contributed by atoms with van der Waals surface area (Å²) in [7, 11) is 0. The fourth-order valence-electron chi connectivity index (χ4n) is 7.02. The van der Waals surface area contributed by atoms with Crippen LogP contribution in [0.4, 0.5) is 41.9 Å². The van der Waals surface area contributed by atoms with E-state index in [9.17, 15) is 38.4 Å². The SMILES string of the molecule is CC(C)(C)OC(=O)NCCCC(=O)O.CCOC(=O)Nc1cccc(Cn2nc(-c3cccc(N)c3)ccc2=O)c1.CCOC(=O)Nc1cccc(Cn2nc(-c3cccc(NC(=O)CCCNC(=O)OC(C)(C)C)c3)ccc2=O)c1. The number of nitrogens with zero attached hydrogens (tertiary/aromatic N) is 4. The number of nitrogens with one attached hydrogen (secondary N) is 5. The number of benzene rings is 4. The van der Waals surface area contributed by atoms with E-state index in [0.29, 0.717) is 66.7 Å². The molecule has 0 unspecified atom stereocenters.